The van der Waals surface area contributed by atoms with Crippen LogP contribution in [0.3, 0.4) is 0 Å². The molecule has 1 fully saturated rings. The maximum Gasteiger partial charge on any atom is 0.279 e. The summed E-state index contributed by atoms with van der Waals surface area (Å²) in [5.41, 5.74) is 5.27. The molecule has 0 bridgehead atoms. The van der Waals surface area contributed by atoms with Gasteiger partial charge >= 0.3 is 0 Å². The molecule has 7 nitrogen and oxygen atoms in total. The fourth-order valence-electron chi connectivity index (χ4n) is 2.40. The Morgan fingerprint density at radius 2 is 1.82 bits per heavy atom. The largest absolute Gasteiger partial charge is 0.478 e. The molecule has 0 spiro atoms. The third kappa shape index (κ3) is 5.06. The van der Waals surface area contributed by atoms with Crippen molar-refractivity contribution in [2.75, 3.05) is 5.32 Å². The van der Waals surface area contributed by atoms with Crippen molar-refractivity contribution >= 4 is 23.4 Å². The molecule has 2 aromatic rings. The van der Waals surface area contributed by atoms with Gasteiger partial charge in [0.25, 0.3) is 11.8 Å². The minimum Gasteiger partial charge on any atom is -0.478 e. The fourth-order valence-corrected chi connectivity index (χ4v) is 2.40. The van der Waals surface area contributed by atoms with Gasteiger partial charge in [-0.15, -0.1) is 0 Å². The van der Waals surface area contributed by atoms with E-state index in [1.54, 1.807) is 24.3 Å². The zero-order valence-corrected chi connectivity index (χ0v) is 15.2. The van der Waals surface area contributed by atoms with Gasteiger partial charge < -0.3 is 10.1 Å². The molecule has 1 aliphatic rings. The highest BCUT2D eigenvalue weighted by atomic mass is 19.1. The number of rotatable bonds is 6. The predicted molar refractivity (Wildman–Crippen MR) is 99.9 cm³/mol. The van der Waals surface area contributed by atoms with Crippen LogP contribution in [0.1, 0.15) is 30.1 Å². The quantitative estimate of drug-likeness (QED) is 0.666. The fraction of sp³-hybridized carbons (Fsp3) is 0.250. The molecule has 3 rings (SSSR count). The second-order valence-electron chi connectivity index (χ2n) is 6.48. The van der Waals surface area contributed by atoms with E-state index in [1.807, 2.05) is 0 Å². The second kappa shape index (κ2) is 8.51. The number of hydrogen-bond donors (Lipinski definition) is 3. The van der Waals surface area contributed by atoms with E-state index in [0.717, 1.165) is 12.8 Å². The van der Waals surface area contributed by atoms with Gasteiger partial charge in [0.1, 0.15) is 0 Å². The Kier molecular flexibility index (Phi) is 5.88. The van der Waals surface area contributed by atoms with Gasteiger partial charge in [-0.3, -0.25) is 25.2 Å². The molecular weight excluding hydrogens is 365 g/mol. The lowest BCUT2D eigenvalue weighted by Gasteiger charge is -2.15. The van der Waals surface area contributed by atoms with Gasteiger partial charge in [-0.1, -0.05) is 18.2 Å². The summed E-state index contributed by atoms with van der Waals surface area (Å²) >= 11 is 0. The first-order valence-electron chi connectivity index (χ1n) is 8.86. The molecule has 3 amide bonds. The molecule has 146 valence electrons. The molecule has 0 aliphatic heterocycles. The summed E-state index contributed by atoms with van der Waals surface area (Å²) in [6, 6.07) is 12.1. The summed E-state index contributed by atoms with van der Waals surface area (Å²) in [7, 11) is 0. The second-order valence-corrected chi connectivity index (χ2v) is 6.48. The number of hydrogen-bond acceptors (Lipinski definition) is 4. The van der Waals surface area contributed by atoms with Crippen LogP contribution in [-0.4, -0.2) is 23.8 Å². The number of halogens is 1. The van der Waals surface area contributed by atoms with E-state index in [-0.39, 0.29) is 23.1 Å². The number of para-hydroxylation sites is 1. The Hall–Kier alpha value is -3.42. The van der Waals surface area contributed by atoms with Gasteiger partial charge in [0.15, 0.2) is 17.7 Å². The predicted octanol–water partition coefficient (Wildman–Crippen LogP) is 2.40. The molecule has 8 heteroatoms. The normalized spacial score (nSPS) is 13.9. The van der Waals surface area contributed by atoms with Crippen LogP contribution in [0.4, 0.5) is 10.1 Å². The van der Waals surface area contributed by atoms with E-state index < -0.39 is 23.7 Å². The average molecular weight is 385 g/mol. The third-order valence-electron chi connectivity index (χ3n) is 4.15. The Labute approximate surface area is 161 Å². The SMILES string of the molecule is CC(Oc1ccccc1F)C(=O)NNC(=O)c1cccc(NC(=O)C2CC2)c1. The Morgan fingerprint density at radius 1 is 1.07 bits per heavy atom. The van der Waals surface area contributed by atoms with Gasteiger partial charge in [0.05, 0.1) is 0 Å². The first-order chi connectivity index (χ1) is 13.4. The first kappa shape index (κ1) is 19.3. The van der Waals surface area contributed by atoms with Crippen LogP contribution in [-0.2, 0) is 9.59 Å². The van der Waals surface area contributed by atoms with Crippen LogP contribution in [0.25, 0.3) is 0 Å². The van der Waals surface area contributed by atoms with Crippen LogP contribution in [0, 0.1) is 11.7 Å². The maximum absolute atomic E-state index is 13.6. The summed E-state index contributed by atoms with van der Waals surface area (Å²) in [6.45, 7) is 1.43. The lowest BCUT2D eigenvalue weighted by Crippen LogP contribution is -2.47. The van der Waals surface area contributed by atoms with E-state index >= 15 is 0 Å². The highest BCUT2D eigenvalue weighted by Gasteiger charge is 2.29. The van der Waals surface area contributed by atoms with Crippen LogP contribution in [0.2, 0.25) is 0 Å². The lowest BCUT2D eigenvalue weighted by atomic mass is 10.2. The number of anilines is 1. The van der Waals surface area contributed by atoms with Crippen molar-refractivity contribution in [2.45, 2.75) is 25.9 Å². The standard InChI is InChI=1S/C20H20FN3O4/c1-12(28-17-8-3-2-7-16(17)21)18(25)23-24-20(27)14-5-4-6-15(11-14)22-19(26)13-9-10-13/h2-8,11-13H,9-10H2,1H3,(H,22,26)(H,23,25)(H,24,27). The van der Waals surface area contributed by atoms with Crippen LogP contribution < -0.4 is 20.9 Å². The summed E-state index contributed by atoms with van der Waals surface area (Å²) in [6.07, 6.45) is 0.734. The minimum atomic E-state index is -1.03. The van der Waals surface area contributed by atoms with Gasteiger partial charge in [0.2, 0.25) is 5.91 Å². The molecular formula is C20H20FN3O4. The molecule has 0 heterocycles. The van der Waals surface area contributed by atoms with Crippen molar-refractivity contribution < 1.29 is 23.5 Å². The van der Waals surface area contributed by atoms with E-state index in [4.69, 9.17) is 4.74 Å². The lowest BCUT2D eigenvalue weighted by molar-refractivity contribution is -0.128. The average Bonchev–Trinajstić information content (AvgIpc) is 3.53. The number of benzene rings is 2. The zero-order chi connectivity index (χ0) is 20.1. The van der Waals surface area contributed by atoms with Gasteiger partial charge in [-0.05, 0) is 50.1 Å². The number of hydrazine groups is 1. The molecule has 1 unspecified atom stereocenters. The summed E-state index contributed by atoms with van der Waals surface area (Å²) < 4.78 is 18.8. The summed E-state index contributed by atoms with van der Waals surface area (Å²) in [5.74, 6) is -1.87. The molecule has 1 saturated carbocycles. The number of carbonyl (C=O) groups is 3. The Morgan fingerprint density at radius 3 is 2.54 bits per heavy atom. The summed E-state index contributed by atoms with van der Waals surface area (Å²) in [4.78, 5) is 36.1. The Bertz CT molecular complexity index is 899. The highest BCUT2D eigenvalue weighted by molar-refractivity contribution is 5.99. The molecule has 3 N–H and O–H groups in total. The molecule has 0 radical (unpaired) electrons. The van der Waals surface area contributed by atoms with Crippen LogP contribution in [0.15, 0.2) is 48.5 Å². The van der Waals surface area contributed by atoms with Gasteiger partial charge in [0, 0.05) is 17.2 Å². The van der Waals surface area contributed by atoms with Crippen molar-refractivity contribution in [3.8, 4) is 5.75 Å². The molecule has 1 atom stereocenters. The molecule has 2 aromatic carbocycles. The van der Waals surface area contributed by atoms with E-state index in [1.165, 1.54) is 31.2 Å². The van der Waals surface area contributed by atoms with E-state index in [0.29, 0.717) is 5.69 Å². The number of ether oxygens (including phenoxy) is 1. The van der Waals surface area contributed by atoms with Crippen molar-refractivity contribution in [3.63, 3.8) is 0 Å². The highest BCUT2D eigenvalue weighted by Crippen LogP contribution is 2.30. The minimum absolute atomic E-state index is 0.0488. The topological polar surface area (TPSA) is 96.5 Å². The third-order valence-corrected chi connectivity index (χ3v) is 4.15. The monoisotopic (exact) mass is 385 g/mol. The van der Waals surface area contributed by atoms with Crippen molar-refractivity contribution in [1.29, 1.82) is 0 Å². The number of nitrogens with one attached hydrogen (secondary N) is 3. The number of carbonyl (C=O) groups excluding carboxylic acids is 3. The van der Waals surface area contributed by atoms with E-state index in [9.17, 15) is 18.8 Å². The molecule has 0 aromatic heterocycles. The molecule has 28 heavy (non-hydrogen) atoms. The number of amides is 3. The first-order valence-corrected chi connectivity index (χ1v) is 8.86. The van der Waals surface area contributed by atoms with Crippen LogP contribution >= 0.6 is 0 Å². The zero-order valence-electron chi connectivity index (χ0n) is 15.2. The van der Waals surface area contributed by atoms with Crippen molar-refractivity contribution in [1.82, 2.24) is 10.9 Å². The van der Waals surface area contributed by atoms with Crippen molar-refractivity contribution in [2.24, 2.45) is 5.92 Å². The summed E-state index contributed by atoms with van der Waals surface area (Å²) in [5, 5.41) is 2.75. The smallest absolute Gasteiger partial charge is 0.279 e. The van der Waals surface area contributed by atoms with Gasteiger partial charge in [-0.25, -0.2) is 4.39 Å². The maximum atomic E-state index is 13.6. The van der Waals surface area contributed by atoms with Crippen LogP contribution in [0.5, 0.6) is 5.75 Å². The van der Waals surface area contributed by atoms with Crippen molar-refractivity contribution in [3.05, 3.63) is 59.9 Å². The van der Waals surface area contributed by atoms with Gasteiger partial charge in [-0.2, -0.15) is 0 Å². The molecule has 1 aliphatic carbocycles. The molecule has 0 saturated heterocycles. The Balaban J connectivity index is 1.52. The van der Waals surface area contributed by atoms with E-state index in [2.05, 4.69) is 16.2 Å².